The van der Waals surface area contributed by atoms with Gasteiger partial charge < -0.3 is 4.74 Å². The summed E-state index contributed by atoms with van der Waals surface area (Å²) < 4.78 is 5.53. The zero-order valence-corrected chi connectivity index (χ0v) is 10.4. The SMILES string of the molecule is BrCC(Br)CCOc1ccccc1. The molecule has 0 bridgehead atoms. The summed E-state index contributed by atoms with van der Waals surface area (Å²) in [5.74, 6) is 0.941. The number of halogens is 2. The van der Waals surface area contributed by atoms with Gasteiger partial charge in [-0.3, -0.25) is 0 Å². The average Bonchev–Trinajstić information content (AvgIpc) is 2.19. The Bertz CT molecular complexity index is 226. The molecular weight excluding hydrogens is 296 g/mol. The Morgan fingerprint density at radius 1 is 1.23 bits per heavy atom. The quantitative estimate of drug-likeness (QED) is 0.755. The highest BCUT2D eigenvalue weighted by Gasteiger charge is 2.01. The van der Waals surface area contributed by atoms with Crippen molar-refractivity contribution in [3.05, 3.63) is 30.3 Å². The first kappa shape index (κ1) is 11.1. The van der Waals surface area contributed by atoms with Crippen LogP contribution in [0.25, 0.3) is 0 Å². The van der Waals surface area contributed by atoms with E-state index in [9.17, 15) is 0 Å². The molecule has 0 aliphatic heterocycles. The van der Waals surface area contributed by atoms with Crippen molar-refractivity contribution < 1.29 is 4.74 Å². The van der Waals surface area contributed by atoms with Gasteiger partial charge in [0.05, 0.1) is 6.61 Å². The molecule has 0 spiro atoms. The van der Waals surface area contributed by atoms with E-state index in [0.29, 0.717) is 4.83 Å². The molecule has 1 atom stereocenters. The molecule has 0 saturated carbocycles. The number of hydrogen-bond acceptors (Lipinski definition) is 1. The van der Waals surface area contributed by atoms with Crippen LogP contribution in [0.2, 0.25) is 0 Å². The monoisotopic (exact) mass is 306 g/mol. The van der Waals surface area contributed by atoms with Gasteiger partial charge in [0, 0.05) is 10.2 Å². The summed E-state index contributed by atoms with van der Waals surface area (Å²) in [6, 6.07) is 9.88. The van der Waals surface area contributed by atoms with Gasteiger partial charge in [-0.25, -0.2) is 0 Å². The summed E-state index contributed by atoms with van der Waals surface area (Å²) in [6.07, 6.45) is 1.01. The third-order valence-corrected chi connectivity index (χ3v) is 4.04. The van der Waals surface area contributed by atoms with Crippen LogP contribution in [-0.2, 0) is 0 Å². The second-order valence-electron chi connectivity index (χ2n) is 2.70. The van der Waals surface area contributed by atoms with Crippen molar-refractivity contribution in [3.8, 4) is 5.75 Å². The third-order valence-electron chi connectivity index (χ3n) is 1.61. The highest BCUT2D eigenvalue weighted by molar-refractivity contribution is 9.12. The molecule has 1 rings (SSSR count). The Hall–Kier alpha value is -0.0200. The van der Waals surface area contributed by atoms with Crippen molar-refractivity contribution in [2.75, 3.05) is 11.9 Å². The van der Waals surface area contributed by atoms with Crippen molar-refractivity contribution in [1.82, 2.24) is 0 Å². The first-order valence-electron chi connectivity index (χ1n) is 4.21. The van der Waals surface area contributed by atoms with Crippen LogP contribution >= 0.6 is 31.9 Å². The van der Waals surface area contributed by atoms with Gasteiger partial charge in [-0.1, -0.05) is 50.1 Å². The largest absolute Gasteiger partial charge is 0.494 e. The molecule has 1 nitrogen and oxygen atoms in total. The molecule has 0 N–H and O–H groups in total. The summed E-state index contributed by atoms with van der Waals surface area (Å²) in [7, 11) is 0. The van der Waals surface area contributed by atoms with Crippen molar-refractivity contribution in [3.63, 3.8) is 0 Å². The highest BCUT2D eigenvalue weighted by atomic mass is 79.9. The number of para-hydroxylation sites is 1. The van der Waals surface area contributed by atoms with Crippen molar-refractivity contribution in [2.24, 2.45) is 0 Å². The number of alkyl halides is 2. The maximum absolute atomic E-state index is 5.53. The topological polar surface area (TPSA) is 9.23 Å². The fourth-order valence-corrected chi connectivity index (χ4v) is 1.41. The Balaban J connectivity index is 2.20. The van der Waals surface area contributed by atoms with Gasteiger partial charge in [0.2, 0.25) is 0 Å². The molecule has 1 aromatic carbocycles. The lowest BCUT2D eigenvalue weighted by Crippen LogP contribution is -2.06. The van der Waals surface area contributed by atoms with Crippen LogP contribution < -0.4 is 4.74 Å². The lowest BCUT2D eigenvalue weighted by atomic mass is 10.3. The molecule has 1 unspecified atom stereocenters. The van der Waals surface area contributed by atoms with E-state index >= 15 is 0 Å². The van der Waals surface area contributed by atoms with E-state index < -0.39 is 0 Å². The Morgan fingerprint density at radius 3 is 2.54 bits per heavy atom. The van der Waals surface area contributed by atoms with Gasteiger partial charge in [-0.2, -0.15) is 0 Å². The van der Waals surface area contributed by atoms with Crippen molar-refractivity contribution in [1.29, 1.82) is 0 Å². The normalized spacial score (nSPS) is 12.5. The summed E-state index contributed by atoms with van der Waals surface area (Å²) >= 11 is 6.92. The first-order chi connectivity index (χ1) is 6.33. The zero-order chi connectivity index (χ0) is 9.52. The van der Waals surface area contributed by atoms with Gasteiger partial charge in [0.15, 0.2) is 0 Å². The maximum Gasteiger partial charge on any atom is 0.119 e. The Labute approximate surface area is 95.7 Å². The van der Waals surface area contributed by atoms with E-state index in [1.165, 1.54) is 0 Å². The molecule has 0 heterocycles. The van der Waals surface area contributed by atoms with Crippen molar-refractivity contribution >= 4 is 31.9 Å². The lowest BCUT2D eigenvalue weighted by molar-refractivity contribution is 0.312. The average molecular weight is 308 g/mol. The molecule has 72 valence electrons. The smallest absolute Gasteiger partial charge is 0.119 e. The Kier molecular flexibility index (Phi) is 5.47. The van der Waals surface area contributed by atoms with E-state index in [1.807, 2.05) is 30.3 Å². The van der Waals surface area contributed by atoms with Gasteiger partial charge >= 0.3 is 0 Å². The van der Waals surface area contributed by atoms with Crippen LogP contribution in [0.3, 0.4) is 0 Å². The van der Waals surface area contributed by atoms with Gasteiger partial charge in [0.1, 0.15) is 5.75 Å². The minimum Gasteiger partial charge on any atom is -0.494 e. The van der Waals surface area contributed by atoms with Crippen LogP contribution in [0.4, 0.5) is 0 Å². The summed E-state index contributed by atoms with van der Waals surface area (Å²) in [5.41, 5.74) is 0. The van der Waals surface area contributed by atoms with Crippen LogP contribution in [0, 0.1) is 0 Å². The number of rotatable bonds is 5. The van der Waals surface area contributed by atoms with E-state index in [2.05, 4.69) is 31.9 Å². The van der Waals surface area contributed by atoms with Crippen molar-refractivity contribution in [2.45, 2.75) is 11.2 Å². The number of hydrogen-bond donors (Lipinski definition) is 0. The second kappa shape index (κ2) is 6.44. The molecule has 0 saturated heterocycles. The van der Waals surface area contributed by atoms with E-state index in [-0.39, 0.29) is 0 Å². The maximum atomic E-state index is 5.53. The number of ether oxygens (including phenoxy) is 1. The molecule has 0 aliphatic rings. The molecule has 0 aliphatic carbocycles. The molecule has 3 heteroatoms. The molecule has 1 aromatic rings. The van der Waals surface area contributed by atoms with Crippen LogP contribution in [-0.4, -0.2) is 16.8 Å². The van der Waals surface area contributed by atoms with E-state index in [1.54, 1.807) is 0 Å². The fraction of sp³-hybridized carbons (Fsp3) is 0.400. The summed E-state index contributed by atoms with van der Waals surface area (Å²) in [6.45, 7) is 0.755. The number of benzene rings is 1. The fourth-order valence-electron chi connectivity index (χ4n) is 0.899. The highest BCUT2D eigenvalue weighted by Crippen LogP contribution is 2.12. The first-order valence-corrected chi connectivity index (χ1v) is 6.24. The molecule has 13 heavy (non-hydrogen) atoms. The molecule has 0 amide bonds. The molecule has 0 radical (unpaired) electrons. The minimum atomic E-state index is 0.496. The summed E-state index contributed by atoms with van der Waals surface area (Å²) in [5, 5.41) is 0.963. The van der Waals surface area contributed by atoms with Gasteiger partial charge in [0.25, 0.3) is 0 Å². The predicted octanol–water partition coefficient (Wildman–Crippen LogP) is 3.61. The van der Waals surface area contributed by atoms with Crippen LogP contribution in [0.5, 0.6) is 5.75 Å². The van der Waals surface area contributed by atoms with E-state index in [4.69, 9.17) is 4.74 Å². The zero-order valence-electron chi connectivity index (χ0n) is 7.25. The molecule has 0 fully saturated rings. The Morgan fingerprint density at radius 2 is 1.92 bits per heavy atom. The lowest BCUT2D eigenvalue weighted by Gasteiger charge is -2.07. The van der Waals surface area contributed by atoms with E-state index in [0.717, 1.165) is 24.1 Å². The van der Waals surface area contributed by atoms with Crippen LogP contribution in [0.1, 0.15) is 6.42 Å². The minimum absolute atomic E-state index is 0.496. The van der Waals surface area contributed by atoms with Crippen LogP contribution in [0.15, 0.2) is 30.3 Å². The molecule has 0 aromatic heterocycles. The predicted molar refractivity (Wildman–Crippen MR) is 63.1 cm³/mol. The van der Waals surface area contributed by atoms with Gasteiger partial charge in [-0.15, -0.1) is 0 Å². The van der Waals surface area contributed by atoms with Gasteiger partial charge in [-0.05, 0) is 18.6 Å². The summed E-state index contributed by atoms with van der Waals surface area (Å²) in [4.78, 5) is 0.496. The standard InChI is InChI=1S/C10H12Br2O/c11-8-9(12)6-7-13-10-4-2-1-3-5-10/h1-5,9H,6-8H2. The molecular formula is C10H12Br2O. The third kappa shape index (κ3) is 4.67. The second-order valence-corrected chi connectivity index (χ2v) is 4.64.